The number of rotatable bonds is 5. The third-order valence-corrected chi connectivity index (χ3v) is 4.36. The molecule has 0 aromatic heterocycles. The molecule has 2 saturated heterocycles. The molecule has 0 aliphatic carbocycles. The van der Waals surface area contributed by atoms with Gasteiger partial charge in [-0.3, -0.25) is 19.4 Å². The molecule has 0 saturated carbocycles. The van der Waals surface area contributed by atoms with Crippen LogP contribution < -0.4 is 5.73 Å². The zero-order valence-corrected chi connectivity index (χ0v) is 12.5. The number of piperidine rings is 1. The first-order chi connectivity index (χ1) is 10.0. The Hall–Kier alpha value is -1.18. The average molecular weight is 298 g/mol. The molecule has 2 fully saturated rings. The van der Waals surface area contributed by atoms with Gasteiger partial charge in [0, 0.05) is 51.9 Å². The Morgan fingerprint density at radius 3 is 2.19 bits per heavy atom. The number of carboxylic acid groups (broad SMARTS) is 1. The zero-order chi connectivity index (χ0) is 15.2. The minimum atomic E-state index is -0.767. The van der Waals surface area contributed by atoms with Crippen molar-refractivity contribution < 1.29 is 14.7 Å². The predicted molar refractivity (Wildman–Crippen MR) is 78.9 cm³/mol. The van der Waals surface area contributed by atoms with E-state index in [2.05, 4.69) is 9.80 Å². The Bertz CT molecular complexity index is 361. The number of aliphatic carboxylic acids is 1. The SMILES string of the molecule is NC1CCN(CC(=O)N2CCN(CCC(=O)O)CC2)CC1. The smallest absolute Gasteiger partial charge is 0.304 e. The third kappa shape index (κ3) is 5.26. The molecule has 120 valence electrons. The summed E-state index contributed by atoms with van der Waals surface area (Å²) in [4.78, 5) is 29.0. The molecule has 0 unspecified atom stereocenters. The van der Waals surface area contributed by atoms with Gasteiger partial charge in [-0.1, -0.05) is 0 Å². The molecule has 0 aromatic rings. The molecule has 0 spiro atoms. The lowest BCUT2D eigenvalue weighted by atomic mass is 10.1. The fraction of sp³-hybridized carbons (Fsp3) is 0.857. The van der Waals surface area contributed by atoms with Crippen molar-refractivity contribution in [2.24, 2.45) is 5.73 Å². The molecule has 0 bridgehead atoms. The summed E-state index contributed by atoms with van der Waals surface area (Å²) in [6.07, 6.45) is 2.11. The van der Waals surface area contributed by atoms with Gasteiger partial charge in [-0.2, -0.15) is 0 Å². The minimum Gasteiger partial charge on any atom is -0.481 e. The van der Waals surface area contributed by atoms with Crippen LogP contribution in [0.2, 0.25) is 0 Å². The lowest BCUT2D eigenvalue weighted by Gasteiger charge is -2.36. The van der Waals surface area contributed by atoms with Crippen LogP contribution in [-0.4, -0.2) is 90.1 Å². The monoisotopic (exact) mass is 298 g/mol. The van der Waals surface area contributed by atoms with Crippen LogP contribution in [0.5, 0.6) is 0 Å². The normalized spacial score (nSPS) is 22.4. The summed E-state index contributed by atoms with van der Waals surface area (Å²) >= 11 is 0. The lowest BCUT2D eigenvalue weighted by molar-refractivity contribution is -0.138. The van der Waals surface area contributed by atoms with E-state index < -0.39 is 5.97 Å². The van der Waals surface area contributed by atoms with E-state index in [1.807, 2.05) is 4.90 Å². The lowest BCUT2D eigenvalue weighted by Crippen LogP contribution is -2.52. The molecule has 7 nitrogen and oxygen atoms in total. The molecule has 7 heteroatoms. The van der Waals surface area contributed by atoms with E-state index in [0.29, 0.717) is 26.2 Å². The van der Waals surface area contributed by atoms with Gasteiger partial charge in [0.25, 0.3) is 0 Å². The van der Waals surface area contributed by atoms with Crippen molar-refractivity contribution in [3.63, 3.8) is 0 Å². The maximum Gasteiger partial charge on any atom is 0.304 e. The second kappa shape index (κ2) is 7.72. The van der Waals surface area contributed by atoms with Crippen LogP contribution in [0.15, 0.2) is 0 Å². The highest BCUT2D eigenvalue weighted by atomic mass is 16.4. The second-order valence-electron chi connectivity index (χ2n) is 5.98. The Kier molecular flexibility index (Phi) is 5.96. The second-order valence-corrected chi connectivity index (χ2v) is 5.98. The van der Waals surface area contributed by atoms with Gasteiger partial charge >= 0.3 is 5.97 Å². The van der Waals surface area contributed by atoms with Crippen LogP contribution in [0.4, 0.5) is 0 Å². The highest BCUT2D eigenvalue weighted by Crippen LogP contribution is 2.09. The summed E-state index contributed by atoms with van der Waals surface area (Å²) in [5.41, 5.74) is 5.87. The van der Waals surface area contributed by atoms with Crippen molar-refractivity contribution in [2.75, 3.05) is 52.4 Å². The van der Waals surface area contributed by atoms with Crippen LogP contribution >= 0.6 is 0 Å². The molecular formula is C14H26N4O3. The fourth-order valence-electron chi connectivity index (χ4n) is 2.88. The largest absolute Gasteiger partial charge is 0.481 e. The van der Waals surface area contributed by atoms with Crippen molar-refractivity contribution in [1.82, 2.24) is 14.7 Å². The minimum absolute atomic E-state index is 0.169. The van der Waals surface area contributed by atoms with Crippen molar-refractivity contribution in [3.8, 4) is 0 Å². The van der Waals surface area contributed by atoms with Gasteiger partial charge in [0.2, 0.25) is 5.91 Å². The van der Waals surface area contributed by atoms with E-state index in [-0.39, 0.29) is 18.4 Å². The first-order valence-electron chi connectivity index (χ1n) is 7.74. The highest BCUT2D eigenvalue weighted by Gasteiger charge is 2.24. The third-order valence-electron chi connectivity index (χ3n) is 4.36. The molecular weight excluding hydrogens is 272 g/mol. The number of hydrogen-bond acceptors (Lipinski definition) is 5. The Labute approximate surface area is 125 Å². The Morgan fingerprint density at radius 1 is 1.00 bits per heavy atom. The number of amides is 1. The van der Waals surface area contributed by atoms with Gasteiger partial charge in [-0.25, -0.2) is 0 Å². The molecule has 2 aliphatic rings. The van der Waals surface area contributed by atoms with Crippen molar-refractivity contribution >= 4 is 11.9 Å². The van der Waals surface area contributed by atoms with Crippen LogP contribution in [0.3, 0.4) is 0 Å². The summed E-state index contributed by atoms with van der Waals surface area (Å²) in [6.45, 7) is 5.81. The van der Waals surface area contributed by atoms with Gasteiger partial charge in [0.05, 0.1) is 13.0 Å². The quantitative estimate of drug-likeness (QED) is 0.679. The highest BCUT2D eigenvalue weighted by molar-refractivity contribution is 5.78. The van der Waals surface area contributed by atoms with Gasteiger partial charge in [-0.15, -0.1) is 0 Å². The van der Waals surface area contributed by atoms with Gasteiger partial charge in [-0.05, 0) is 12.8 Å². The Balaban J connectivity index is 1.67. The van der Waals surface area contributed by atoms with Crippen LogP contribution in [-0.2, 0) is 9.59 Å². The zero-order valence-electron chi connectivity index (χ0n) is 12.5. The summed E-state index contributed by atoms with van der Waals surface area (Å²) < 4.78 is 0. The van der Waals surface area contributed by atoms with E-state index in [1.165, 1.54) is 0 Å². The van der Waals surface area contributed by atoms with E-state index in [4.69, 9.17) is 10.8 Å². The van der Waals surface area contributed by atoms with Crippen molar-refractivity contribution in [2.45, 2.75) is 25.3 Å². The Morgan fingerprint density at radius 2 is 1.62 bits per heavy atom. The summed E-state index contributed by atoms with van der Waals surface area (Å²) in [6, 6.07) is 0.286. The molecule has 0 radical (unpaired) electrons. The fourth-order valence-corrected chi connectivity index (χ4v) is 2.88. The van der Waals surface area contributed by atoms with Gasteiger partial charge < -0.3 is 15.7 Å². The summed E-state index contributed by atoms with van der Waals surface area (Å²) in [5.74, 6) is -0.583. The number of carboxylic acids is 1. The first kappa shape index (κ1) is 16.2. The molecule has 1 amide bonds. The van der Waals surface area contributed by atoms with Crippen LogP contribution in [0.25, 0.3) is 0 Å². The predicted octanol–water partition coefficient (Wildman–Crippen LogP) is -0.972. The maximum atomic E-state index is 12.3. The molecule has 2 aliphatic heterocycles. The number of piperazine rings is 1. The topological polar surface area (TPSA) is 90.1 Å². The van der Waals surface area contributed by atoms with Gasteiger partial charge in [0.15, 0.2) is 0 Å². The van der Waals surface area contributed by atoms with Gasteiger partial charge in [0.1, 0.15) is 0 Å². The van der Waals surface area contributed by atoms with E-state index in [1.54, 1.807) is 0 Å². The van der Waals surface area contributed by atoms with Crippen LogP contribution in [0, 0.1) is 0 Å². The summed E-state index contributed by atoms with van der Waals surface area (Å²) in [7, 11) is 0. The number of carbonyl (C=O) groups excluding carboxylic acids is 1. The van der Waals surface area contributed by atoms with Crippen LogP contribution in [0.1, 0.15) is 19.3 Å². The molecule has 2 heterocycles. The maximum absolute atomic E-state index is 12.3. The van der Waals surface area contributed by atoms with Crippen molar-refractivity contribution in [3.05, 3.63) is 0 Å². The molecule has 3 N–H and O–H groups in total. The van der Waals surface area contributed by atoms with E-state index >= 15 is 0 Å². The number of hydrogen-bond donors (Lipinski definition) is 2. The molecule has 21 heavy (non-hydrogen) atoms. The average Bonchev–Trinajstić information content (AvgIpc) is 2.48. The van der Waals surface area contributed by atoms with Crippen molar-refractivity contribution in [1.29, 1.82) is 0 Å². The molecule has 0 atom stereocenters. The first-order valence-corrected chi connectivity index (χ1v) is 7.74. The molecule has 0 aromatic carbocycles. The standard InChI is InChI=1S/C14H26N4O3/c15-12-1-4-17(5-2-12)11-13(19)18-9-7-16(8-10-18)6-3-14(20)21/h12H,1-11,15H2,(H,20,21). The van der Waals surface area contributed by atoms with E-state index in [0.717, 1.165) is 39.0 Å². The van der Waals surface area contributed by atoms with E-state index in [9.17, 15) is 9.59 Å². The summed E-state index contributed by atoms with van der Waals surface area (Å²) in [5, 5.41) is 8.68. The molecule has 2 rings (SSSR count). The number of nitrogens with zero attached hydrogens (tertiary/aromatic N) is 3. The number of likely N-dealkylation sites (tertiary alicyclic amines) is 1. The number of nitrogens with two attached hydrogens (primary N) is 1. The number of carbonyl (C=O) groups is 2.